The van der Waals surface area contributed by atoms with E-state index in [-0.39, 0.29) is 24.6 Å². The van der Waals surface area contributed by atoms with Gasteiger partial charge in [0, 0.05) is 11.4 Å². The fraction of sp³-hybridized carbons (Fsp3) is 0.167. The van der Waals surface area contributed by atoms with E-state index in [0.717, 1.165) is 0 Å². The number of Topliss-reactive ketones (excluding diaryl/α,β-unsaturated/α-hetero) is 2. The summed E-state index contributed by atoms with van der Waals surface area (Å²) in [6.07, 6.45) is 0. The van der Waals surface area contributed by atoms with E-state index in [0.29, 0.717) is 44.9 Å². The van der Waals surface area contributed by atoms with Crippen molar-refractivity contribution in [1.82, 2.24) is 19.9 Å². The first-order valence-corrected chi connectivity index (χ1v) is 16.4. The zero-order chi connectivity index (χ0) is 38.2. The first-order valence-electron chi connectivity index (χ1n) is 16.4. The molecule has 2 amide bonds. The average Bonchev–Trinajstić information content (AvgIpc) is 3.70. The van der Waals surface area contributed by atoms with Gasteiger partial charge in [-0.25, -0.2) is 9.59 Å². The number of nitrogens with zero attached hydrogens (tertiary/aromatic N) is 4. The van der Waals surface area contributed by atoms with Crippen LogP contribution in [0.1, 0.15) is 13.8 Å². The lowest BCUT2D eigenvalue weighted by Crippen LogP contribution is -2.31. The number of H-pyrrole nitrogens is 4. The molecule has 0 aliphatic rings. The minimum atomic E-state index is -1.46. The maximum Gasteiger partial charge on any atom is 0.323 e. The molecule has 274 valence electrons. The molecule has 0 bridgehead atoms. The number of ether oxygens (including phenoxy) is 2. The van der Waals surface area contributed by atoms with E-state index in [9.17, 15) is 28.8 Å². The van der Waals surface area contributed by atoms with Crippen molar-refractivity contribution < 1.29 is 28.7 Å². The zero-order valence-corrected chi connectivity index (χ0v) is 28.7. The van der Waals surface area contributed by atoms with Crippen LogP contribution in [0.2, 0.25) is 0 Å². The predicted octanol–water partition coefficient (Wildman–Crippen LogP) is 4.84. The van der Waals surface area contributed by atoms with E-state index in [1.807, 2.05) is 0 Å². The lowest BCUT2D eigenvalue weighted by molar-refractivity contribution is -0.127. The summed E-state index contributed by atoms with van der Waals surface area (Å²) in [6.45, 7) is 2.51. The van der Waals surface area contributed by atoms with Crippen LogP contribution in [0.25, 0.3) is 22.1 Å². The molecular weight excluding hydrogens is 700 g/mol. The van der Waals surface area contributed by atoms with Gasteiger partial charge in [-0.15, -0.1) is 0 Å². The molecule has 6 aromatic rings. The van der Waals surface area contributed by atoms with E-state index in [1.165, 1.54) is 13.8 Å². The lowest BCUT2D eigenvalue weighted by Gasteiger charge is -2.12. The van der Waals surface area contributed by atoms with Crippen molar-refractivity contribution in [2.24, 2.45) is 20.5 Å². The number of azo groups is 2. The van der Waals surface area contributed by atoms with Crippen LogP contribution in [0.5, 0.6) is 11.5 Å². The highest BCUT2D eigenvalue weighted by atomic mass is 16.5. The molecule has 54 heavy (non-hydrogen) atoms. The second-order valence-electron chi connectivity index (χ2n) is 11.7. The predicted molar refractivity (Wildman–Crippen MR) is 197 cm³/mol. The third-order valence-electron chi connectivity index (χ3n) is 7.72. The summed E-state index contributed by atoms with van der Waals surface area (Å²) in [6, 6.07) is 19.8. The topological polar surface area (TPSA) is 258 Å². The molecule has 18 heteroatoms. The Morgan fingerprint density at radius 3 is 1.37 bits per heavy atom. The number of hydrogen-bond donors (Lipinski definition) is 6. The monoisotopic (exact) mass is 732 g/mol. The number of fused-ring (bicyclic) bond motifs is 2. The number of benzene rings is 4. The average molecular weight is 733 g/mol. The number of hydrogen-bond acceptors (Lipinski definition) is 12. The molecule has 2 atom stereocenters. The number of rotatable bonds is 15. The van der Waals surface area contributed by atoms with Crippen molar-refractivity contribution in [3.63, 3.8) is 0 Å². The maximum atomic E-state index is 13.0. The number of nitrogens with one attached hydrogen (secondary N) is 6. The minimum Gasteiger partial charge on any atom is -0.488 e. The second-order valence-corrected chi connectivity index (χ2v) is 11.7. The number of anilines is 2. The summed E-state index contributed by atoms with van der Waals surface area (Å²) in [5.74, 6) is -1.90. The Morgan fingerprint density at radius 2 is 0.963 bits per heavy atom. The Bertz CT molecular complexity index is 2370. The van der Waals surface area contributed by atoms with Gasteiger partial charge in [0.05, 0.1) is 22.1 Å². The van der Waals surface area contributed by atoms with Gasteiger partial charge in [-0.2, -0.15) is 20.5 Å². The van der Waals surface area contributed by atoms with E-state index in [1.54, 1.807) is 84.9 Å². The van der Waals surface area contributed by atoms with Crippen LogP contribution in [0, 0.1) is 0 Å². The van der Waals surface area contributed by atoms with Crippen molar-refractivity contribution in [3.05, 3.63) is 106 Å². The molecule has 0 radical (unpaired) electrons. The number of carbonyl (C=O) groups excluding carboxylic acids is 4. The molecule has 2 heterocycles. The Hall–Kier alpha value is -7.50. The van der Waals surface area contributed by atoms with Crippen LogP contribution in [0.4, 0.5) is 22.7 Å². The molecule has 6 rings (SSSR count). The molecule has 0 saturated heterocycles. The van der Waals surface area contributed by atoms with E-state index in [4.69, 9.17) is 9.47 Å². The molecule has 0 spiro atoms. The molecule has 4 aromatic carbocycles. The summed E-state index contributed by atoms with van der Waals surface area (Å²) in [4.78, 5) is 84.2. The largest absolute Gasteiger partial charge is 0.488 e. The van der Waals surface area contributed by atoms with Crippen molar-refractivity contribution >= 4 is 68.2 Å². The standard InChI is InChI=1S/C36H32N10O8/c1-19(47)31(33(49)37-21-11-13-23-27(17-21)41-35(51)39-23)45-43-25-7-3-5-9-29(25)53-15-16-54-30-10-6-4-8-26(30)44-46-32(20(2)48)34(50)38-22-12-14-24-28(18-22)42-36(52)40-24/h3-14,17-18,31-32H,15-16H2,1-2H3,(H,37,49)(H,38,50)(H2,39,41,51)(H2,40,42,52)/t31-,32-/m1/s1. The molecule has 0 aliphatic carbocycles. The zero-order valence-electron chi connectivity index (χ0n) is 28.7. The molecule has 0 saturated carbocycles. The lowest BCUT2D eigenvalue weighted by atomic mass is 10.2. The van der Waals surface area contributed by atoms with Crippen LogP contribution >= 0.6 is 0 Å². The van der Waals surface area contributed by atoms with Gasteiger partial charge in [0.1, 0.15) is 36.1 Å². The van der Waals surface area contributed by atoms with Gasteiger partial charge in [-0.3, -0.25) is 19.2 Å². The Balaban J connectivity index is 1.06. The fourth-order valence-corrected chi connectivity index (χ4v) is 5.15. The molecule has 0 unspecified atom stereocenters. The first kappa shape index (κ1) is 36.3. The molecule has 6 N–H and O–H groups in total. The Labute approximate surface area is 304 Å². The number of carbonyl (C=O) groups is 4. The molecule has 2 aromatic heterocycles. The van der Waals surface area contributed by atoms with Crippen molar-refractivity contribution in [3.8, 4) is 11.5 Å². The highest BCUT2D eigenvalue weighted by Crippen LogP contribution is 2.30. The molecule has 0 aliphatic heterocycles. The van der Waals surface area contributed by atoms with Gasteiger partial charge in [0.25, 0.3) is 11.8 Å². The van der Waals surface area contributed by atoms with Crippen LogP contribution in [0.15, 0.2) is 115 Å². The van der Waals surface area contributed by atoms with Crippen LogP contribution in [0.3, 0.4) is 0 Å². The smallest absolute Gasteiger partial charge is 0.323 e. The highest BCUT2D eigenvalue weighted by Gasteiger charge is 2.25. The Kier molecular flexibility index (Phi) is 10.9. The summed E-state index contributed by atoms with van der Waals surface area (Å²) < 4.78 is 11.7. The van der Waals surface area contributed by atoms with Crippen LogP contribution in [-0.4, -0.2) is 68.6 Å². The fourth-order valence-electron chi connectivity index (χ4n) is 5.15. The van der Waals surface area contributed by atoms with Crippen LogP contribution < -0.4 is 31.5 Å². The normalized spacial score (nSPS) is 12.6. The summed E-state index contributed by atoms with van der Waals surface area (Å²) >= 11 is 0. The number of ketones is 2. The summed E-state index contributed by atoms with van der Waals surface area (Å²) in [7, 11) is 0. The molecule has 18 nitrogen and oxygen atoms in total. The number of aromatic amines is 4. The third-order valence-corrected chi connectivity index (χ3v) is 7.72. The molecular formula is C36H32N10O8. The van der Waals surface area contributed by atoms with Gasteiger partial charge in [-0.05, 0) is 74.5 Å². The van der Waals surface area contributed by atoms with Gasteiger partial charge < -0.3 is 40.0 Å². The summed E-state index contributed by atoms with van der Waals surface area (Å²) in [5.41, 5.74) is 2.50. The Morgan fingerprint density at radius 1 is 0.574 bits per heavy atom. The highest BCUT2D eigenvalue weighted by molar-refractivity contribution is 6.11. The molecule has 0 fully saturated rings. The van der Waals surface area contributed by atoms with Crippen LogP contribution in [-0.2, 0) is 19.2 Å². The van der Waals surface area contributed by atoms with Gasteiger partial charge in [0.2, 0.25) is 12.1 Å². The van der Waals surface area contributed by atoms with Crippen molar-refractivity contribution in [1.29, 1.82) is 0 Å². The summed E-state index contributed by atoms with van der Waals surface area (Å²) in [5, 5.41) is 21.5. The number of aromatic nitrogens is 4. The number of para-hydroxylation sites is 2. The van der Waals surface area contributed by atoms with Crippen molar-refractivity contribution in [2.45, 2.75) is 25.9 Å². The van der Waals surface area contributed by atoms with E-state index >= 15 is 0 Å². The first-order chi connectivity index (χ1) is 26.0. The van der Waals surface area contributed by atoms with E-state index in [2.05, 4.69) is 51.0 Å². The second kappa shape index (κ2) is 16.2. The van der Waals surface area contributed by atoms with E-state index < -0.39 is 46.8 Å². The number of imidazole rings is 2. The maximum absolute atomic E-state index is 13.0. The quantitative estimate of drug-likeness (QED) is 0.0482. The van der Waals surface area contributed by atoms with Gasteiger partial charge >= 0.3 is 11.4 Å². The minimum absolute atomic E-state index is 0.0353. The SMILES string of the molecule is CC(=O)[C@@H](N=Nc1ccccc1OCCOc1ccccc1N=N[C@H](C(C)=O)C(=O)Nc1ccc2[nH]c(=O)[nH]c2c1)C(=O)Nc1ccc2[nH]c(=O)[nH]c2c1. The van der Waals surface area contributed by atoms with Gasteiger partial charge in [0.15, 0.2) is 11.6 Å². The third kappa shape index (κ3) is 8.86. The number of amides is 2. The van der Waals surface area contributed by atoms with Crippen molar-refractivity contribution in [2.75, 3.05) is 23.8 Å². The van der Waals surface area contributed by atoms with Gasteiger partial charge in [-0.1, -0.05) is 24.3 Å².